The minimum atomic E-state index is -0.474. The molecule has 1 aromatic heterocycles. The summed E-state index contributed by atoms with van der Waals surface area (Å²) >= 11 is 0. The molecule has 0 amide bonds. The zero-order valence-corrected chi connectivity index (χ0v) is 8.08. The lowest BCUT2D eigenvalue weighted by Crippen LogP contribution is -2.20. The van der Waals surface area contributed by atoms with Gasteiger partial charge in [-0.25, -0.2) is 0 Å². The third kappa shape index (κ3) is 2.44. The molecule has 14 heavy (non-hydrogen) atoms. The standard InChI is InChI=1S/C11H14FNO/c12-10-7-4-8-11(13-10)14-9-5-2-1-3-6-9/h4,7-9H,1-3,5-6H2. The van der Waals surface area contributed by atoms with Crippen LogP contribution in [0.1, 0.15) is 32.1 Å². The normalized spacial score (nSPS) is 18.1. The van der Waals surface area contributed by atoms with Crippen LogP contribution >= 0.6 is 0 Å². The zero-order chi connectivity index (χ0) is 9.80. The number of aromatic nitrogens is 1. The maximum atomic E-state index is 12.7. The first-order valence-electron chi connectivity index (χ1n) is 5.14. The average Bonchev–Trinajstić information content (AvgIpc) is 2.19. The van der Waals surface area contributed by atoms with Gasteiger partial charge in [-0.2, -0.15) is 9.37 Å². The Morgan fingerprint density at radius 1 is 1.21 bits per heavy atom. The van der Waals surface area contributed by atoms with Gasteiger partial charge in [-0.1, -0.05) is 12.5 Å². The number of halogens is 1. The van der Waals surface area contributed by atoms with E-state index in [2.05, 4.69) is 4.98 Å². The van der Waals surface area contributed by atoms with Gasteiger partial charge >= 0.3 is 0 Å². The summed E-state index contributed by atoms with van der Waals surface area (Å²) in [5, 5.41) is 0. The van der Waals surface area contributed by atoms with Gasteiger partial charge in [-0.15, -0.1) is 0 Å². The average molecular weight is 195 g/mol. The molecule has 1 aliphatic carbocycles. The van der Waals surface area contributed by atoms with Gasteiger partial charge in [0, 0.05) is 6.07 Å². The predicted molar refractivity (Wildman–Crippen MR) is 51.7 cm³/mol. The van der Waals surface area contributed by atoms with E-state index >= 15 is 0 Å². The molecule has 0 radical (unpaired) electrons. The van der Waals surface area contributed by atoms with E-state index < -0.39 is 5.95 Å². The molecule has 1 aliphatic rings. The van der Waals surface area contributed by atoms with Gasteiger partial charge in [0.1, 0.15) is 6.10 Å². The largest absolute Gasteiger partial charge is 0.474 e. The number of nitrogens with zero attached hydrogens (tertiary/aromatic N) is 1. The van der Waals surface area contributed by atoms with Crippen molar-refractivity contribution in [2.45, 2.75) is 38.2 Å². The second-order valence-electron chi connectivity index (χ2n) is 3.68. The molecule has 0 aliphatic heterocycles. The Kier molecular flexibility index (Phi) is 2.96. The molecule has 76 valence electrons. The Bertz CT molecular complexity index is 297. The molecule has 0 saturated heterocycles. The molecular formula is C11H14FNO. The molecule has 1 aromatic rings. The van der Waals surface area contributed by atoms with Crippen LogP contribution in [0.4, 0.5) is 4.39 Å². The number of hydrogen-bond acceptors (Lipinski definition) is 2. The highest BCUT2D eigenvalue weighted by Crippen LogP contribution is 2.22. The molecule has 3 heteroatoms. The van der Waals surface area contributed by atoms with Crippen molar-refractivity contribution < 1.29 is 9.13 Å². The summed E-state index contributed by atoms with van der Waals surface area (Å²) in [6.07, 6.45) is 6.07. The highest BCUT2D eigenvalue weighted by atomic mass is 19.1. The Balaban J connectivity index is 1.95. The van der Waals surface area contributed by atoms with Crippen LogP contribution in [0.15, 0.2) is 18.2 Å². The molecule has 0 N–H and O–H groups in total. The molecule has 2 rings (SSSR count). The monoisotopic (exact) mass is 195 g/mol. The summed E-state index contributed by atoms with van der Waals surface area (Å²) in [6.45, 7) is 0. The molecule has 0 spiro atoms. The fraction of sp³-hybridized carbons (Fsp3) is 0.545. The summed E-state index contributed by atoms with van der Waals surface area (Å²) in [6, 6.07) is 4.66. The van der Waals surface area contributed by atoms with E-state index in [1.54, 1.807) is 12.1 Å². The first kappa shape index (κ1) is 9.44. The van der Waals surface area contributed by atoms with E-state index in [-0.39, 0.29) is 6.10 Å². The molecule has 2 nitrogen and oxygen atoms in total. The molecular weight excluding hydrogens is 181 g/mol. The quantitative estimate of drug-likeness (QED) is 0.677. The minimum Gasteiger partial charge on any atom is -0.474 e. The van der Waals surface area contributed by atoms with Crippen LogP contribution in [0, 0.1) is 5.95 Å². The van der Waals surface area contributed by atoms with Crippen molar-refractivity contribution in [2.75, 3.05) is 0 Å². The summed E-state index contributed by atoms with van der Waals surface area (Å²) in [5.41, 5.74) is 0. The van der Waals surface area contributed by atoms with Crippen molar-refractivity contribution in [3.63, 3.8) is 0 Å². The zero-order valence-electron chi connectivity index (χ0n) is 8.08. The summed E-state index contributed by atoms with van der Waals surface area (Å²) < 4.78 is 18.3. The predicted octanol–water partition coefficient (Wildman–Crippen LogP) is 2.93. The lowest BCUT2D eigenvalue weighted by atomic mass is 9.98. The topological polar surface area (TPSA) is 22.1 Å². The fourth-order valence-electron chi connectivity index (χ4n) is 1.81. The van der Waals surface area contributed by atoms with Crippen LogP contribution in [0.25, 0.3) is 0 Å². The second kappa shape index (κ2) is 4.40. The van der Waals surface area contributed by atoms with Gasteiger partial charge in [0.2, 0.25) is 11.8 Å². The lowest BCUT2D eigenvalue weighted by molar-refractivity contribution is 0.147. The number of ether oxygens (including phenoxy) is 1. The van der Waals surface area contributed by atoms with E-state index in [0.717, 1.165) is 12.8 Å². The van der Waals surface area contributed by atoms with Gasteiger partial charge in [0.05, 0.1) is 0 Å². The maximum absolute atomic E-state index is 12.7. The highest BCUT2D eigenvalue weighted by Gasteiger charge is 2.15. The van der Waals surface area contributed by atoms with E-state index in [1.165, 1.54) is 25.3 Å². The number of hydrogen-bond donors (Lipinski definition) is 0. The van der Waals surface area contributed by atoms with Crippen molar-refractivity contribution in [1.29, 1.82) is 0 Å². The van der Waals surface area contributed by atoms with E-state index in [4.69, 9.17) is 4.74 Å². The van der Waals surface area contributed by atoms with E-state index in [0.29, 0.717) is 5.88 Å². The Morgan fingerprint density at radius 2 is 2.00 bits per heavy atom. The summed E-state index contributed by atoms with van der Waals surface area (Å²) in [5.74, 6) is -0.0600. The maximum Gasteiger partial charge on any atom is 0.216 e. The highest BCUT2D eigenvalue weighted by molar-refractivity contribution is 5.10. The van der Waals surface area contributed by atoms with Crippen molar-refractivity contribution in [2.24, 2.45) is 0 Å². The minimum absolute atomic E-state index is 0.234. The first-order chi connectivity index (χ1) is 6.84. The van der Waals surface area contributed by atoms with Gasteiger partial charge in [0.15, 0.2) is 0 Å². The smallest absolute Gasteiger partial charge is 0.216 e. The van der Waals surface area contributed by atoms with Crippen LogP contribution < -0.4 is 4.74 Å². The third-order valence-electron chi connectivity index (χ3n) is 2.53. The Labute approximate surface area is 83.1 Å². The summed E-state index contributed by atoms with van der Waals surface area (Å²) in [7, 11) is 0. The molecule has 1 heterocycles. The van der Waals surface area contributed by atoms with Crippen LogP contribution in [0.5, 0.6) is 5.88 Å². The third-order valence-corrected chi connectivity index (χ3v) is 2.53. The van der Waals surface area contributed by atoms with Crippen LogP contribution in [-0.4, -0.2) is 11.1 Å². The number of pyridine rings is 1. The van der Waals surface area contributed by atoms with Gasteiger partial charge in [-0.05, 0) is 31.7 Å². The summed E-state index contributed by atoms with van der Waals surface area (Å²) in [4.78, 5) is 3.68. The fourth-order valence-corrected chi connectivity index (χ4v) is 1.81. The van der Waals surface area contributed by atoms with Crippen molar-refractivity contribution >= 4 is 0 Å². The van der Waals surface area contributed by atoms with Crippen molar-refractivity contribution in [3.05, 3.63) is 24.1 Å². The molecule has 0 aromatic carbocycles. The molecule has 1 fully saturated rings. The Hall–Kier alpha value is -1.12. The molecule has 1 saturated carbocycles. The molecule has 0 unspecified atom stereocenters. The first-order valence-corrected chi connectivity index (χ1v) is 5.14. The Morgan fingerprint density at radius 3 is 2.71 bits per heavy atom. The molecule has 0 atom stereocenters. The van der Waals surface area contributed by atoms with E-state index in [9.17, 15) is 4.39 Å². The van der Waals surface area contributed by atoms with Crippen molar-refractivity contribution in [3.8, 4) is 5.88 Å². The van der Waals surface area contributed by atoms with Gasteiger partial charge in [0.25, 0.3) is 0 Å². The van der Waals surface area contributed by atoms with Crippen LogP contribution in [0.3, 0.4) is 0 Å². The second-order valence-corrected chi connectivity index (χ2v) is 3.68. The van der Waals surface area contributed by atoms with E-state index in [1.807, 2.05) is 0 Å². The van der Waals surface area contributed by atoms with Gasteiger partial charge in [-0.3, -0.25) is 0 Å². The van der Waals surface area contributed by atoms with Crippen LogP contribution in [-0.2, 0) is 0 Å². The lowest BCUT2D eigenvalue weighted by Gasteiger charge is -2.22. The number of rotatable bonds is 2. The SMILES string of the molecule is Fc1cccc(OC2CCCCC2)n1. The van der Waals surface area contributed by atoms with Crippen LogP contribution in [0.2, 0.25) is 0 Å². The molecule has 0 bridgehead atoms. The van der Waals surface area contributed by atoms with Gasteiger partial charge < -0.3 is 4.74 Å². The van der Waals surface area contributed by atoms with Crippen molar-refractivity contribution in [1.82, 2.24) is 4.98 Å².